The lowest BCUT2D eigenvalue weighted by Crippen LogP contribution is -2.21. The van der Waals surface area contributed by atoms with Crippen LogP contribution in [0.1, 0.15) is 23.6 Å². The van der Waals surface area contributed by atoms with Gasteiger partial charge in [-0.15, -0.1) is 0 Å². The second kappa shape index (κ2) is 7.48. The molecule has 2 rings (SSSR count). The zero-order valence-electron chi connectivity index (χ0n) is 13.0. The van der Waals surface area contributed by atoms with Crippen molar-refractivity contribution in [3.8, 4) is 0 Å². The first-order chi connectivity index (χ1) is 10.1. The average Bonchev–Trinajstić information content (AvgIpc) is 2.45. The second-order valence-electron chi connectivity index (χ2n) is 5.37. The molecule has 1 N–H and O–H groups in total. The predicted octanol–water partition coefficient (Wildman–Crippen LogP) is 4.39. The smallest absolute Gasteiger partial charge is 0.0642 e. The van der Waals surface area contributed by atoms with Crippen molar-refractivity contribution < 1.29 is 0 Å². The maximum absolute atomic E-state index is 6.43. The monoisotopic (exact) mass is 302 g/mol. The zero-order chi connectivity index (χ0) is 15.2. The van der Waals surface area contributed by atoms with Crippen molar-refractivity contribution in [1.29, 1.82) is 0 Å². The topological polar surface area (TPSA) is 15.3 Å². The quantitative estimate of drug-likeness (QED) is 0.851. The molecule has 0 radical (unpaired) electrons. The summed E-state index contributed by atoms with van der Waals surface area (Å²) in [5.74, 6) is 0. The van der Waals surface area contributed by atoms with Gasteiger partial charge in [-0.2, -0.15) is 0 Å². The van der Waals surface area contributed by atoms with Gasteiger partial charge in [0.2, 0.25) is 0 Å². The molecule has 21 heavy (non-hydrogen) atoms. The van der Waals surface area contributed by atoms with Crippen LogP contribution < -0.4 is 10.2 Å². The highest BCUT2D eigenvalue weighted by atomic mass is 35.5. The Hall–Kier alpha value is -1.51. The molecule has 0 bridgehead atoms. The van der Waals surface area contributed by atoms with Gasteiger partial charge in [0.05, 0.1) is 10.7 Å². The number of anilines is 1. The van der Waals surface area contributed by atoms with Crippen LogP contribution in [0.4, 0.5) is 5.69 Å². The number of rotatable bonds is 6. The molecule has 0 unspecified atom stereocenters. The summed E-state index contributed by atoms with van der Waals surface area (Å²) >= 11 is 6.43. The summed E-state index contributed by atoms with van der Waals surface area (Å²) in [6.45, 7) is 6.87. The van der Waals surface area contributed by atoms with Crippen molar-refractivity contribution in [3.05, 3.63) is 64.2 Å². The van der Waals surface area contributed by atoms with Crippen LogP contribution in [-0.2, 0) is 13.1 Å². The average molecular weight is 303 g/mol. The van der Waals surface area contributed by atoms with E-state index in [0.29, 0.717) is 0 Å². The molecule has 0 aromatic heterocycles. The van der Waals surface area contributed by atoms with Crippen molar-refractivity contribution in [3.63, 3.8) is 0 Å². The Labute approximate surface area is 132 Å². The van der Waals surface area contributed by atoms with Gasteiger partial charge in [-0.05, 0) is 30.7 Å². The Morgan fingerprint density at radius 3 is 2.62 bits per heavy atom. The molecular weight excluding hydrogens is 280 g/mol. The molecule has 0 fully saturated rings. The normalized spacial score (nSPS) is 10.7. The minimum Gasteiger partial charge on any atom is -0.369 e. The lowest BCUT2D eigenvalue weighted by molar-refractivity contribution is 0.723. The number of nitrogens with zero attached hydrogens (tertiary/aromatic N) is 1. The minimum atomic E-state index is 0.806. The molecule has 0 saturated heterocycles. The van der Waals surface area contributed by atoms with Crippen LogP contribution in [-0.4, -0.2) is 13.6 Å². The number of para-hydroxylation sites is 1. The van der Waals surface area contributed by atoms with Crippen LogP contribution in [0.15, 0.2) is 42.5 Å². The minimum absolute atomic E-state index is 0.806. The highest BCUT2D eigenvalue weighted by Gasteiger charge is 2.12. The van der Waals surface area contributed by atoms with Gasteiger partial charge in [0.25, 0.3) is 0 Å². The van der Waals surface area contributed by atoms with Gasteiger partial charge in [-0.25, -0.2) is 0 Å². The van der Waals surface area contributed by atoms with Gasteiger partial charge < -0.3 is 10.2 Å². The summed E-state index contributed by atoms with van der Waals surface area (Å²) < 4.78 is 0. The summed E-state index contributed by atoms with van der Waals surface area (Å²) in [6.07, 6.45) is 0. The highest BCUT2D eigenvalue weighted by molar-refractivity contribution is 6.33. The van der Waals surface area contributed by atoms with Crippen molar-refractivity contribution in [2.24, 2.45) is 0 Å². The van der Waals surface area contributed by atoms with E-state index in [1.807, 2.05) is 12.1 Å². The summed E-state index contributed by atoms with van der Waals surface area (Å²) in [7, 11) is 2.10. The van der Waals surface area contributed by atoms with Crippen LogP contribution >= 0.6 is 11.6 Å². The molecule has 112 valence electrons. The van der Waals surface area contributed by atoms with Crippen LogP contribution in [0, 0.1) is 6.92 Å². The maximum Gasteiger partial charge on any atom is 0.0642 e. The molecule has 0 atom stereocenters. The zero-order valence-corrected chi connectivity index (χ0v) is 13.7. The third kappa shape index (κ3) is 4.23. The van der Waals surface area contributed by atoms with Crippen molar-refractivity contribution in [1.82, 2.24) is 5.32 Å². The largest absolute Gasteiger partial charge is 0.369 e. The lowest BCUT2D eigenvalue weighted by atomic mass is 10.1. The van der Waals surface area contributed by atoms with Crippen LogP contribution in [0.25, 0.3) is 0 Å². The number of nitrogens with one attached hydrogen (secondary N) is 1. The molecular formula is C18H23ClN2. The molecule has 0 aliphatic carbocycles. The van der Waals surface area contributed by atoms with Gasteiger partial charge >= 0.3 is 0 Å². The van der Waals surface area contributed by atoms with Gasteiger partial charge in [0, 0.05) is 20.1 Å². The molecule has 0 aliphatic rings. The first kappa shape index (κ1) is 15.9. The summed E-state index contributed by atoms with van der Waals surface area (Å²) in [6, 6.07) is 14.7. The number of aryl methyl sites for hydroxylation is 1. The number of benzene rings is 2. The molecule has 0 saturated carbocycles. The summed E-state index contributed by atoms with van der Waals surface area (Å²) in [5.41, 5.74) is 4.93. The van der Waals surface area contributed by atoms with E-state index in [4.69, 9.17) is 11.6 Å². The molecule has 2 nitrogen and oxygen atoms in total. The Bertz CT molecular complexity index is 596. The van der Waals surface area contributed by atoms with Crippen molar-refractivity contribution in [2.45, 2.75) is 26.9 Å². The highest BCUT2D eigenvalue weighted by Crippen LogP contribution is 2.30. The van der Waals surface area contributed by atoms with Crippen molar-refractivity contribution >= 4 is 17.3 Å². The van der Waals surface area contributed by atoms with Gasteiger partial charge in [-0.1, -0.05) is 60.5 Å². The fraction of sp³-hybridized carbons (Fsp3) is 0.333. The van der Waals surface area contributed by atoms with E-state index in [0.717, 1.165) is 30.3 Å². The standard InChI is InChI=1S/C18H23ClN2/c1-4-20-12-16-9-6-10-17(19)18(16)21(3)13-15-8-5-7-14(2)11-15/h5-11,20H,4,12-13H2,1-3H3. The van der Waals surface area contributed by atoms with Crippen LogP contribution in [0.5, 0.6) is 0 Å². The maximum atomic E-state index is 6.43. The SMILES string of the molecule is CCNCc1cccc(Cl)c1N(C)Cc1cccc(C)c1. The molecule has 2 aromatic rings. The third-order valence-electron chi connectivity index (χ3n) is 3.52. The lowest BCUT2D eigenvalue weighted by Gasteiger charge is -2.24. The molecule has 0 spiro atoms. The van der Waals surface area contributed by atoms with E-state index in [-0.39, 0.29) is 0 Å². The van der Waals surface area contributed by atoms with Gasteiger partial charge in [0.15, 0.2) is 0 Å². The fourth-order valence-electron chi connectivity index (χ4n) is 2.55. The van der Waals surface area contributed by atoms with E-state index >= 15 is 0 Å². The second-order valence-corrected chi connectivity index (χ2v) is 5.78. The Morgan fingerprint density at radius 2 is 1.90 bits per heavy atom. The molecule has 0 aliphatic heterocycles. The Morgan fingerprint density at radius 1 is 1.14 bits per heavy atom. The summed E-state index contributed by atoms with van der Waals surface area (Å²) in [4.78, 5) is 2.23. The fourth-order valence-corrected chi connectivity index (χ4v) is 2.89. The van der Waals surface area contributed by atoms with E-state index in [2.05, 4.69) is 61.4 Å². The summed E-state index contributed by atoms with van der Waals surface area (Å²) in [5, 5.41) is 4.18. The van der Waals surface area contributed by atoms with E-state index in [1.165, 1.54) is 16.7 Å². The van der Waals surface area contributed by atoms with Gasteiger partial charge in [-0.3, -0.25) is 0 Å². The Kier molecular flexibility index (Phi) is 5.66. The van der Waals surface area contributed by atoms with E-state index < -0.39 is 0 Å². The third-order valence-corrected chi connectivity index (χ3v) is 3.82. The molecule has 3 heteroatoms. The molecule has 0 heterocycles. The number of hydrogen-bond acceptors (Lipinski definition) is 2. The van der Waals surface area contributed by atoms with E-state index in [1.54, 1.807) is 0 Å². The van der Waals surface area contributed by atoms with Gasteiger partial charge in [0.1, 0.15) is 0 Å². The number of halogens is 1. The molecule has 0 amide bonds. The first-order valence-electron chi connectivity index (χ1n) is 7.36. The number of hydrogen-bond donors (Lipinski definition) is 1. The van der Waals surface area contributed by atoms with Crippen molar-refractivity contribution in [2.75, 3.05) is 18.5 Å². The van der Waals surface area contributed by atoms with Crippen LogP contribution in [0.2, 0.25) is 5.02 Å². The first-order valence-corrected chi connectivity index (χ1v) is 7.74. The molecule has 2 aromatic carbocycles. The predicted molar refractivity (Wildman–Crippen MR) is 92.1 cm³/mol. The van der Waals surface area contributed by atoms with Crippen LogP contribution in [0.3, 0.4) is 0 Å². The Balaban J connectivity index is 2.23. The van der Waals surface area contributed by atoms with E-state index in [9.17, 15) is 0 Å².